The Hall–Kier alpha value is -1.40. The Kier molecular flexibility index (Phi) is 4.33. The van der Waals surface area contributed by atoms with Gasteiger partial charge in [0, 0.05) is 26.3 Å². The molecule has 1 N–H and O–H groups in total. The van der Waals surface area contributed by atoms with E-state index in [1.807, 2.05) is 0 Å². The summed E-state index contributed by atoms with van der Waals surface area (Å²) >= 11 is 0. The number of rotatable bonds is 4. The Labute approximate surface area is 106 Å². The fourth-order valence-electron chi connectivity index (χ4n) is 2.21. The number of ether oxygens (including phenoxy) is 1. The van der Waals surface area contributed by atoms with Gasteiger partial charge in [-0.05, 0) is 12.8 Å². The fraction of sp³-hybridized carbons (Fsp3) is 0.667. The lowest BCUT2D eigenvalue weighted by Crippen LogP contribution is -2.37. The molecule has 0 aliphatic carbocycles. The zero-order valence-electron chi connectivity index (χ0n) is 10.6. The molecule has 1 saturated heterocycles. The minimum atomic E-state index is -0.171. The molecule has 1 fully saturated rings. The van der Waals surface area contributed by atoms with Gasteiger partial charge >= 0.3 is 0 Å². The Morgan fingerprint density at radius 3 is 2.78 bits per heavy atom. The van der Waals surface area contributed by atoms with E-state index in [2.05, 4.69) is 10.00 Å². The van der Waals surface area contributed by atoms with Gasteiger partial charge < -0.3 is 14.7 Å². The van der Waals surface area contributed by atoms with E-state index in [9.17, 15) is 4.79 Å². The molecular weight excluding hydrogens is 234 g/mol. The van der Waals surface area contributed by atoms with Gasteiger partial charge in [-0.25, -0.2) is 4.68 Å². The summed E-state index contributed by atoms with van der Waals surface area (Å²) in [6.07, 6.45) is 3.94. The Bertz CT molecular complexity index is 438. The highest BCUT2D eigenvalue weighted by Gasteiger charge is 2.19. The van der Waals surface area contributed by atoms with Crippen LogP contribution in [0.5, 0.6) is 0 Å². The van der Waals surface area contributed by atoms with Crippen molar-refractivity contribution in [3.05, 3.63) is 22.6 Å². The Balaban J connectivity index is 2.06. The fourth-order valence-corrected chi connectivity index (χ4v) is 2.21. The summed E-state index contributed by atoms with van der Waals surface area (Å²) < 4.78 is 6.58. The lowest BCUT2D eigenvalue weighted by atomic mass is 10.1. The molecule has 0 bridgehead atoms. The smallest absolute Gasteiger partial charge is 0.268 e. The van der Waals surface area contributed by atoms with Gasteiger partial charge in [-0.2, -0.15) is 5.10 Å². The molecule has 0 aromatic carbocycles. The highest BCUT2D eigenvalue weighted by atomic mass is 16.5. The largest absolute Gasteiger partial charge is 0.394 e. The van der Waals surface area contributed by atoms with E-state index in [0.717, 1.165) is 31.6 Å². The van der Waals surface area contributed by atoms with E-state index in [1.165, 1.54) is 4.68 Å². The third-order valence-corrected chi connectivity index (χ3v) is 3.31. The van der Waals surface area contributed by atoms with Crippen LogP contribution < -0.4 is 10.5 Å². The molecule has 1 aliphatic rings. The number of hydrogen-bond acceptors (Lipinski definition) is 5. The summed E-state index contributed by atoms with van der Waals surface area (Å²) in [6, 6.07) is 1.58. The second kappa shape index (κ2) is 5.97. The molecule has 6 heteroatoms. The first-order valence-electron chi connectivity index (χ1n) is 6.20. The number of methoxy groups -OCH3 is 1. The summed E-state index contributed by atoms with van der Waals surface area (Å²) in [5, 5.41) is 12.8. The number of piperidine rings is 1. The van der Waals surface area contributed by atoms with Crippen molar-refractivity contribution in [2.75, 3.05) is 31.7 Å². The van der Waals surface area contributed by atoms with E-state index < -0.39 is 0 Å². The van der Waals surface area contributed by atoms with Crippen LogP contribution in [0.4, 0.5) is 5.69 Å². The predicted molar refractivity (Wildman–Crippen MR) is 67.8 cm³/mol. The van der Waals surface area contributed by atoms with Crippen molar-refractivity contribution in [1.29, 1.82) is 0 Å². The molecule has 0 unspecified atom stereocenters. The number of nitrogens with zero attached hydrogens (tertiary/aromatic N) is 3. The molecule has 100 valence electrons. The molecule has 2 rings (SSSR count). The molecule has 0 amide bonds. The van der Waals surface area contributed by atoms with Gasteiger partial charge in [-0.3, -0.25) is 4.79 Å². The summed E-state index contributed by atoms with van der Waals surface area (Å²) in [7, 11) is 1.73. The van der Waals surface area contributed by atoms with Gasteiger partial charge in [0.05, 0.1) is 31.1 Å². The van der Waals surface area contributed by atoms with Crippen LogP contribution in [0.1, 0.15) is 12.8 Å². The topological polar surface area (TPSA) is 67.6 Å². The van der Waals surface area contributed by atoms with Crippen molar-refractivity contribution < 1.29 is 9.84 Å². The lowest BCUT2D eigenvalue weighted by Gasteiger charge is -2.32. The number of anilines is 1. The van der Waals surface area contributed by atoms with Gasteiger partial charge in [0.2, 0.25) is 0 Å². The van der Waals surface area contributed by atoms with Crippen LogP contribution in [-0.4, -0.2) is 47.8 Å². The molecule has 0 radical (unpaired) electrons. The average Bonchev–Trinajstić information content (AvgIpc) is 2.41. The standard InChI is InChI=1S/C12H19N3O3/c1-18-11-2-4-14(5-3-11)10-8-12(17)15(6-7-16)13-9-10/h8-9,11,16H,2-7H2,1H3. The van der Waals surface area contributed by atoms with Crippen molar-refractivity contribution in [2.24, 2.45) is 0 Å². The molecule has 0 spiro atoms. The highest BCUT2D eigenvalue weighted by molar-refractivity contribution is 5.43. The minimum Gasteiger partial charge on any atom is -0.394 e. The quantitative estimate of drug-likeness (QED) is 0.808. The zero-order valence-corrected chi connectivity index (χ0v) is 10.6. The van der Waals surface area contributed by atoms with E-state index in [-0.39, 0.29) is 18.7 Å². The van der Waals surface area contributed by atoms with Crippen LogP contribution in [0.2, 0.25) is 0 Å². The van der Waals surface area contributed by atoms with Crippen LogP contribution in [-0.2, 0) is 11.3 Å². The number of hydrogen-bond donors (Lipinski definition) is 1. The van der Waals surface area contributed by atoms with Gasteiger partial charge in [0.15, 0.2) is 0 Å². The first-order chi connectivity index (χ1) is 8.74. The predicted octanol–water partition coefficient (Wildman–Crippen LogP) is -0.149. The molecule has 1 aromatic rings. The molecule has 6 nitrogen and oxygen atoms in total. The van der Waals surface area contributed by atoms with Crippen LogP contribution in [0.15, 0.2) is 17.1 Å². The summed E-state index contributed by atoms with van der Waals surface area (Å²) in [6.45, 7) is 1.92. The minimum absolute atomic E-state index is 0.0779. The van der Waals surface area contributed by atoms with Crippen molar-refractivity contribution in [2.45, 2.75) is 25.5 Å². The number of aromatic nitrogens is 2. The van der Waals surface area contributed by atoms with Crippen molar-refractivity contribution in [3.63, 3.8) is 0 Å². The van der Waals surface area contributed by atoms with E-state index in [4.69, 9.17) is 9.84 Å². The molecule has 1 aromatic heterocycles. The van der Waals surface area contributed by atoms with Crippen LogP contribution >= 0.6 is 0 Å². The maximum Gasteiger partial charge on any atom is 0.268 e. The Morgan fingerprint density at radius 2 is 2.22 bits per heavy atom. The molecule has 2 heterocycles. The maximum atomic E-state index is 11.7. The molecular formula is C12H19N3O3. The van der Waals surface area contributed by atoms with Crippen LogP contribution in [0, 0.1) is 0 Å². The Morgan fingerprint density at radius 1 is 1.50 bits per heavy atom. The number of aliphatic hydroxyl groups is 1. The van der Waals surface area contributed by atoms with E-state index in [1.54, 1.807) is 19.4 Å². The third-order valence-electron chi connectivity index (χ3n) is 3.31. The first kappa shape index (κ1) is 13.0. The SMILES string of the molecule is COC1CCN(c2cnn(CCO)c(=O)c2)CC1. The molecule has 18 heavy (non-hydrogen) atoms. The van der Waals surface area contributed by atoms with Crippen molar-refractivity contribution in [1.82, 2.24) is 9.78 Å². The number of aliphatic hydroxyl groups excluding tert-OH is 1. The second-order valence-corrected chi connectivity index (χ2v) is 4.42. The maximum absolute atomic E-state index is 11.7. The van der Waals surface area contributed by atoms with Gasteiger partial charge in [-0.1, -0.05) is 0 Å². The summed E-state index contributed by atoms with van der Waals surface area (Å²) in [5.41, 5.74) is 0.680. The highest BCUT2D eigenvalue weighted by Crippen LogP contribution is 2.18. The normalized spacial score (nSPS) is 17.1. The van der Waals surface area contributed by atoms with E-state index >= 15 is 0 Å². The van der Waals surface area contributed by atoms with Crippen LogP contribution in [0.25, 0.3) is 0 Å². The second-order valence-electron chi connectivity index (χ2n) is 4.42. The zero-order chi connectivity index (χ0) is 13.0. The first-order valence-corrected chi connectivity index (χ1v) is 6.20. The van der Waals surface area contributed by atoms with Crippen LogP contribution in [0.3, 0.4) is 0 Å². The lowest BCUT2D eigenvalue weighted by molar-refractivity contribution is 0.0819. The summed E-state index contributed by atoms with van der Waals surface area (Å²) in [4.78, 5) is 13.9. The molecule has 0 atom stereocenters. The third kappa shape index (κ3) is 2.88. The van der Waals surface area contributed by atoms with Gasteiger partial charge in [0.25, 0.3) is 5.56 Å². The average molecular weight is 253 g/mol. The monoisotopic (exact) mass is 253 g/mol. The van der Waals surface area contributed by atoms with E-state index in [0.29, 0.717) is 6.10 Å². The van der Waals surface area contributed by atoms with Crippen molar-refractivity contribution in [3.8, 4) is 0 Å². The summed E-state index contributed by atoms with van der Waals surface area (Å²) in [5.74, 6) is 0. The molecule has 1 aliphatic heterocycles. The van der Waals surface area contributed by atoms with Gasteiger partial charge in [0.1, 0.15) is 0 Å². The van der Waals surface area contributed by atoms with Gasteiger partial charge in [-0.15, -0.1) is 0 Å². The van der Waals surface area contributed by atoms with Crippen molar-refractivity contribution >= 4 is 5.69 Å². The molecule has 0 saturated carbocycles.